The molecule has 4 heteroatoms. The molecule has 4 nitrogen and oxygen atoms in total. The second-order valence-electron chi connectivity index (χ2n) is 7.93. The molecule has 0 saturated heterocycles. The highest BCUT2D eigenvalue weighted by Crippen LogP contribution is 2.46. The molecule has 116 valence electrons. The topological polar surface area (TPSA) is 62.2 Å². The zero-order valence-electron chi connectivity index (χ0n) is 13.7. The maximum Gasteiger partial charge on any atom is 0.339 e. The first-order valence-corrected chi connectivity index (χ1v) is 7.54. The summed E-state index contributed by atoms with van der Waals surface area (Å²) in [7, 11) is 0. The summed E-state index contributed by atoms with van der Waals surface area (Å²) in [6.45, 7) is 11.0. The van der Waals surface area contributed by atoms with Crippen molar-refractivity contribution in [2.24, 2.45) is 10.8 Å². The normalized spacial score (nSPS) is 21.0. The largest absolute Gasteiger partial charge is 0.478 e. The summed E-state index contributed by atoms with van der Waals surface area (Å²) in [5.41, 5.74) is 2.31. The summed E-state index contributed by atoms with van der Waals surface area (Å²) < 4.78 is 0. The highest BCUT2D eigenvalue weighted by atomic mass is 16.4. The van der Waals surface area contributed by atoms with Crippen LogP contribution >= 0.6 is 0 Å². The van der Waals surface area contributed by atoms with Gasteiger partial charge in [-0.2, -0.15) is 0 Å². The van der Waals surface area contributed by atoms with E-state index in [0.29, 0.717) is 11.7 Å². The Bertz CT molecular complexity index is 534. The number of carboxylic acid groups (broad SMARTS) is 1. The minimum Gasteiger partial charge on any atom is -0.478 e. The van der Waals surface area contributed by atoms with Crippen LogP contribution in [0.4, 0.5) is 5.69 Å². The van der Waals surface area contributed by atoms with Crippen molar-refractivity contribution in [2.75, 3.05) is 5.32 Å². The quantitative estimate of drug-likeness (QED) is 0.879. The van der Waals surface area contributed by atoms with E-state index in [-0.39, 0.29) is 16.4 Å². The standard InChI is InChI=1S/C17H26N2O2/c1-11-6-14(13(9-18-11)15(20)21)19-12-7-16(2,3)10-17(4,5)8-12/h6,9,12H,7-8,10H2,1-5H3,(H,18,19)(H,20,21). The van der Waals surface area contributed by atoms with Gasteiger partial charge in [0.15, 0.2) is 0 Å². The molecule has 0 amide bonds. The van der Waals surface area contributed by atoms with Gasteiger partial charge in [-0.25, -0.2) is 4.79 Å². The molecule has 0 bridgehead atoms. The van der Waals surface area contributed by atoms with Crippen molar-refractivity contribution in [2.45, 2.75) is 59.9 Å². The van der Waals surface area contributed by atoms with Crippen LogP contribution in [-0.2, 0) is 0 Å². The Labute approximate surface area is 127 Å². The van der Waals surface area contributed by atoms with Gasteiger partial charge in [0.25, 0.3) is 0 Å². The van der Waals surface area contributed by atoms with Crippen LogP contribution < -0.4 is 5.32 Å². The van der Waals surface area contributed by atoms with Gasteiger partial charge in [0, 0.05) is 17.9 Å². The first-order valence-electron chi connectivity index (χ1n) is 7.54. The van der Waals surface area contributed by atoms with E-state index in [9.17, 15) is 9.90 Å². The predicted molar refractivity (Wildman–Crippen MR) is 84.8 cm³/mol. The molecule has 21 heavy (non-hydrogen) atoms. The Kier molecular flexibility index (Phi) is 4.00. The Hall–Kier alpha value is -1.58. The third-order valence-electron chi connectivity index (χ3n) is 4.19. The molecule has 2 N–H and O–H groups in total. The maximum absolute atomic E-state index is 11.3. The summed E-state index contributed by atoms with van der Waals surface area (Å²) in [4.78, 5) is 15.4. The molecular formula is C17H26N2O2. The third kappa shape index (κ3) is 3.96. The van der Waals surface area contributed by atoms with E-state index in [4.69, 9.17) is 0 Å². The van der Waals surface area contributed by atoms with Gasteiger partial charge in [-0.3, -0.25) is 4.98 Å². The second kappa shape index (κ2) is 5.32. The number of carbonyl (C=O) groups is 1. The van der Waals surface area contributed by atoms with Gasteiger partial charge >= 0.3 is 5.97 Å². The fraction of sp³-hybridized carbons (Fsp3) is 0.647. The van der Waals surface area contributed by atoms with Crippen molar-refractivity contribution < 1.29 is 9.90 Å². The average molecular weight is 290 g/mol. The molecule has 1 aromatic rings. The van der Waals surface area contributed by atoms with Crippen LogP contribution in [0.5, 0.6) is 0 Å². The van der Waals surface area contributed by atoms with E-state index in [2.05, 4.69) is 38.0 Å². The second-order valence-corrected chi connectivity index (χ2v) is 7.93. The Morgan fingerprint density at radius 1 is 1.29 bits per heavy atom. The Morgan fingerprint density at radius 2 is 1.86 bits per heavy atom. The lowest BCUT2D eigenvalue weighted by Crippen LogP contribution is -2.40. The summed E-state index contributed by atoms with van der Waals surface area (Å²) in [5.74, 6) is -0.931. The molecule has 0 atom stereocenters. The maximum atomic E-state index is 11.3. The van der Waals surface area contributed by atoms with Crippen LogP contribution in [0.2, 0.25) is 0 Å². The van der Waals surface area contributed by atoms with Crippen molar-refractivity contribution >= 4 is 11.7 Å². The molecule has 1 aromatic heterocycles. The molecule has 1 heterocycles. The number of hydrogen-bond acceptors (Lipinski definition) is 3. The fourth-order valence-electron chi connectivity index (χ4n) is 4.02. The summed E-state index contributed by atoms with van der Waals surface area (Å²) in [6, 6.07) is 2.13. The van der Waals surface area contributed by atoms with Crippen molar-refractivity contribution in [1.29, 1.82) is 0 Å². The van der Waals surface area contributed by atoms with E-state index in [1.54, 1.807) is 0 Å². The van der Waals surface area contributed by atoms with Gasteiger partial charge in [0.1, 0.15) is 5.56 Å². The highest BCUT2D eigenvalue weighted by Gasteiger charge is 2.38. The lowest BCUT2D eigenvalue weighted by atomic mass is 9.63. The van der Waals surface area contributed by atoms with Crippen LogP contribution in [-0.4, -0.2) is 22.1 Å². The number of carboxylic acids is 1. The number of nitrogens with zero attached hydrogens (tertiary/aromatic N) is 1. The third-order valence-corrected chi connectivity index (χ3v) is 4.19. The molecule has 0 unspecified atom stereocenters. The highest BCUT2D eigenvalue weighted by molar-refractivity contribution is 5.93. The van der Waals surface area contributed by atoms with Crippen LogP contribution in [0.3, 0.4) is 0 Å². The number of hydrogen-bond donors (Lipinski definition) is 2. The lowest BCUT2D eigenvalue weighted by Gasteiger charge is -2.45. The first kappa shape index (κ1) is 15.8. The number of aromatic nitrogens is 1. The van der Waals surface area contributed by atoms with Gasteiger partial charge in [0.2, 0.25) is 0 Å². The first-order chi connectivity index (χ1) is 9.58. The zero-order valence-corrected chi connectivity index (χ0v) is 13.7. The number of nitrogens with one attached hydrogen (secondary N) is 1. The molecule has 1 aliphatic rings. The molecule has 1 aliphatic carbocycles. The number of anilines is 1. The summed E-state index contributed by atoms with van der Waals surface area (Å²) >= 11 is 0. The van der Waals surface area contributed by atoms with Gasteiger partial charge in [-0.05, 0) is 43.1 Å². The SMILES string of the molecule is Cc1cc(NC2CC(C)(C)CC(C)(C)C2)c(C(=O)O)cn1. The van der Waals surface area contributed by atoms with Gasteiger partial charge in [-0.1, -0.05) is 27.7 Å². The van der Waals surface area contributed by atoms with Crippen molar-refractivity contribution in [3.63, 3.8) is 0 Å². The molecule has 0 spiro atoms. The minimum atomic E-state index is -0.931. The minimum absolute atomic E-state index is 0.252. The van der Waals surface area contributed by atoms with Gasteiger partial charge in [0.05, 0.1) is 5.69 Å². The fourth-order valence-corrected chi connectivity index (χ4v) is 4.02. The molecule has 2 rings (SSSR count). The van der Waals surface area contributed by atoms with Crippen molar-refractivity contribution in [3.8, 4) is 0 Å². The van der Waals surface area contributed by atoms with E-state index >= 15 is 0 Å². The van der Waals surface area contributed by atoms with E-state index in [1.165, 1.54) is 12.6 Å². The smallest absolute Gasteiger partial charge is 0.339 e. The summed E-state index contributed by atoms with van der Waals surface area (Å²) in [5, 5.41) is 12.8. The molecule has 1 saturated carbocycles. The molecule has 0 radical (unpaired) electrons. The summed E-state index contributed by atoms with van der Waals surface area (Å²) in [6.07, 6.45) is 4.74. The Morgan fingerprint density at radius 3 is 2.38 bits per heavy atom. The average Bonchev–Trinajstić information content (AvgIpc) is 2.23. The van der Waals surface area contributed by atoms with Gasteiger partial charge < -0.3 is 10.4 Å². The Balaban J connectivity index is 2.25. The van der Waals surface area contributed by atoms with Crippen LogP contribution in [0.15, 0.2) is 12.3 Å². The number of pyridine rings is 1. The van der Waals surface area contributed by atoms with Gasteiger partial charge in [-0.15, -0.1) is 0 Å². The van der Waals surface area contributed by atoms with Crippen LogP contribution in [0, 0.1) is 17.8 Å². The number of rotatable bonds is 3. The van der Waals surface area contributed by atoms with Crippen LogP contribution in [0.1, 0.15) is 63.0 Å². The molecule has 0 aliphatic heterocycles. The molecule has 0 aromatic carbocycles. The van der Waals surface area contributed by atoms with E-state index in [0.717, 1.165) is 18.5 Å². The predicted octanol–water partition coefficient (Wildman–Crippen LogP) is 4.11. The van der Waals surface area contributed by atoms with Crippen LogP contribution in [0.25, 0.3) is 0 Å². The number of aryl methyl sites for hydroxylation is 1. The lowest BCUT2D eigenvalue weighted by molar-refractivity contribution is 0.0697. The monoisotopic (exact) mass is 290 g/mol. The molecular weight excluding hydrogens is 264 g/mol. The molecule has 1 fully saturated rings. The van der Waals surface area contributed by atoms with Crippen molar-refractivity contribution in [3.05, 3.63) is 23.5 Å². The van der Waals surface area contributed by atoms with E-state index < -0.39 is 5.97 Å². The number of aromatic carboxylic acids is 1. The zero-order chi connectivity index (χ0) is 15.8. The van der Waals surface area contributed by atoms with E-state index in [1.807, 2.05) is 13.0 Å². The van der Waals surface area contributed by atoms with Crippen molar-refractivity contribution in [1.82, 2.24) is 4.98 Å².